The predicted octanol–water partition coefficient (Wildman–Crippen LogP) is 1.28. The lowest BCUT2D eigenvalue weighted by atomic mass is 10.1. The Morgan fingerprint density at radius 3 is 2.78 bits per heavy atom. The summed E-state index contributed by atoms with van der Waals surface area (Å²) in [6.07, 6.45) is 6.75. The van der Waals surface area contributed by atoms with Gasteiger partial charge in [0.25, 0.3) is 5.91 Å². The first kappa shape index (κ1) is 14.8. The SMILES string of the molecule is COc1cc(Cn2cc(C(N)=O)cn2)ccc1Cn1cccn1. The third-order valence-corrected chi connectivity index (χ3v) is 3.51. The topological polar surface area (TPSA) is 88.0 Å². The summed E-state index contributed by atoms with van der Waals surface area (Å²) in [6, 6.07) is 7.86. The third kappa shape index (κ3) is 3.39. The summed E-state index contributed by atoms with van der Waals surface area (Å²) < 4.78 is 8.98. The van der Waals surface area contributed by atoms with Crippen LogP contribution in [0.2, 0.25) is 0 Å². The first-order valence-corrected chi connectivity index (χ1v) is 7.11. The van der Waals surface area contributed by atoms with Crippen LogP contribution < -0.4 is 10.5 Å². The van der Waals surface area contributed by atoms with Gasteiger partial charge < -0.3 is 10.5 Å². The van der Waals surface area contributed by atoms with Crippen LogP contribution in [0.5, 0.6) is 5.75 Å². The fourth-order valence-electron chi connectivity index (χ4n) is 2.35. The van der Waals surface area contributed by atoms with Crippen molar-refractivity contribution in [3.63, 3.8) is 0 Å². The highest BCUT2D eigenvalue weighted by Gasteiger charge is 2.08. The molecule has 2 aromatic heterocycles. The molecular formula is C16H17N5O2. The minimum atomic E-state index is -0.483. The first-order valence-electron chi connectivity index (χ1n) is 7.11. The van der Waals surface area contributed by atoms with Gasteiger partial charge in [0.2, 0.25) is 0 Å². The van der Waals surface area contributed by atoms with Crippen molar-refractivity contribution in [2.75, 3.05) is 7.11 Å². The van der Waals surface area contributed by atoms with Crippen molar-refractivity contribution in [2.24, 2.45) is 5.73 Å². The van der Waals surface area contributed by atoms with E-state index in [1.165, 1.54) is 6.20 Å². The molecule has 1 aromatic carbocycles. The van der Waals surface area contributed by atoms with Gasteiger partial charge in [0.1, 0.15) is 5.75 Å². The van der Waals surface area contributed by atoms with Crippen LogP contribution in [0, 0.1) is 0 Å². The molecule has 0 aliphatic rings. The number of benzene rings is 1. The Morgan fingerprint density at radius 2 is 2.13 bits per heavy atom. The standard InChI is InChI=1S/C16H17N5O2/c1-23-15-7-12(9-21-11-14(8-19-21)16(17)22)3-4-13(15)10-20-6-2-5-18-20/h2-8,11H,9-10H2,1H3,(H2,17,22). The molecule has 0 radical (unpaired) electrons. The maximum atomic E-state index is 11.1. The minimum Gasteiger partial charge on any atom is -0.496 e. The molecule has 2 N–H and O–H groups in total. The second kappa shape index (κ2) is 6.35. The quantitative estimate of drug-likeness (QED) is 0.743. The van der Waals surface area contributed by atoms with Crippen LogP contribution in [0.4, 0.5) is 0 Å². The third-order valence-electron chi connectivity index (χ3n) is 3.51. The van der Waals surface area contributed by atoms with E-state index in [9.17, 15) is 4.79 Å². The van der Waals surface area contributed by atoms with Crippen molar-refractivity contribution in [1.82, 2.24) is 19.6 Å². The number of ether oxygens (including phenoxy) is 1. The van der Waals surface area contributed by atoms with E-state index in [1.54, 1.807) is 24.2 Å². The number of carbonyl (C=O) groups is 1. The summed E-state index contributed by atoms with van der Waals surface area (Å²) in [4.78, 5) is 11.1. The van der Waals surface area contributed by atoms with Gasteiger partial charge in [0, 0.05) is 24.2 Å². The molecular weight excluding hydrogens is 294 g/mol. The van der Waals surface area contributed by atoms with Crippen molar-refractivity contribution in [2.45, 2.75) is 13.1 Å². The number of nitrogens with two attached hydrogens (primary N) is 1. The molecule has 0 fully saturated rings. The maximum absolute atomic E-state index is 11.1. The molecule has 0 spiro atoms. The van der Waals surface area contributed by atoms with Gasteiger partial charge in [-0.1, -0.05) is 12.1 Å². The molecule has 0 aliphatic carbocycles. The predicted molar refractivity (Wildman–Crippen MR) is 84.2 cm³/mol. The fourth-order valence-corrected chi connectivity index (χ4v) is 2.35. The summed E-state index contributed by atoms with van der Waals surface area (Å²) in [6.45, 7) is 1.18. The van der Waals surface area contributed by atoms with Gasteiger partial charge in [-0.05, 0) is 17.7 Å². The van der Waals surface area contributed by atoms with Gasteiger partial charge in [0.15, 0.2) is 0 Å². The van der Waals surface area contributed by atoms with E-state index in [1.807, 2.05) is 35.1 Å². The minimum absolute atomic E-state index is 0.396. The maximum Gasteiger partial charge on any atom is 0.251 e. The Hall–Kier alpha value is -3.09. The second-order valence-electron chi connectivity index (χ2n) is 5.14. The van der Waals surface area contributed by atoms with E-state index < -0.39 is 5.91 Å². The van der Waals surface area contributed by atoms with Gasteiger partial charge in [-0.3, -0.25) is 14.2 Å². The van der Waals surface area contributed by atoms with Gasteiger partial charge in [-0.2, -0.15) is 10.2 Å². The number of methoxy groups -OCH3 is 1. The molecule has 3 aromatic rings. The number of aromatic nitrogens is 4. The largest absolute Gasteiger partial charge is 0.496 e. The Labute approximate surface area is 133 Å². The lowest BCUT2D eigenvalue weighted by Crippen LogP contribution is -2.09. The lowest BCUT2D eigenvalue weighted by molar-refractivity contribution is 0.1000. The smallest absolute Gasteiger partial charge is 0.251 e. The number of primary amides is 1. The molecule has 1 amide bonds. The molecule has 0 saturated heterocycles. The van der Waals surface area contributed by atoms with Crippen LogP contribution in [0.15, 0.2) is 49.1 Å². The van der Waals surface area contributed by atoms with Gasteiger partial charge in [-0.25, -0.2) is 0 Å². The zero-order valence-electron chi connectivity index (χ0n) is 12.7. The number of nitrogens with zero attached hydrogens (tertiary/aromatic N) is 4. The summed E-state index contributed by atoms with van der Waals surface area (Å²) in [7, 11) is 1.64. The van der Waals surface area contributed by atoms with Crippen LogP contribution in [0.25, 0.3) is 0 Å². The van der Waals surface area contributed by atoms with Crippen molar-refractivity contribution in [1.29, 1.82) is 0 Å². The molecule has 7 heteroatoms. The van der Waals surface area contributed by atoms with Crippen LogP contribution in [0.1, 0.15) is 21.5 Å². The molecule has 118 valence electrons. The second-order valence-corrected chi connectivity index (χ2v) is 5.14. The number of hydrogen-bond donors (Lipinski definition) is 1. The normalized spacial score (nSPS) is 10.7. The molecule has 0 bridgehead atoms. The van der Waals surface area contributed by atoms with Gasteiger partial charge in [-0.15, -0.1) is 0 Å². The monoisotopic (exact) mass is 311 g/mol. The Morgan fingerprint density at radius 1 is 1.26 bits per heavy atom. The molecule has 23 heavy (non-hydrogen) atoms. The summed E-state index contributed by atoms with van der Waals surface area (Å²) in [5, 5.41) is 8.33. The van der Waals surface area contributed by atoms with Gasteiger partial charge in [0.05, 0.1) is 32.0 Å². The molecule has 0 saturated carbocycles. The van der Waals surface area contributed by atoms with E-state index in [2.05, 4.69) is 10.2 Å². The summed E-state index contributed by atoms with van der Waals surface area (Å²) in [5.74, 6) is 0.309. The van der Waals surface area contributed by atoms with E-state index in [0.29, 0.717) is 18.7 Å². The van der Waals surface area contributed by atoms with Crippen LogP contribution in [-0.4, -0.2) is 32.6 Å². The van der Waals surface area contributed by atoms with Crippen molar-refractivity contribution in [3.05, 3.63) is 65.7 Å². The Bertz CT molecular complexity index is 808. The molecule has 0 atom stereocenters. The highest BCUT2D eigenvalue weighted by Crippen LogP contribution is 2.21. The molecule has 0 aliphatic heterocycles. The fraction of sp³-hybridized carbons (Fsp3) is 0.188. The highest BCUT2D eigenvalue weighted by molar-refractivity contribution is 5.92. The number of hydrogen-bond acceptors (Lipinski definition) is 4. The van der Waals surface area contributed by atoms with Crippen LogP contribution >= 0.6 is 0 Å². The average Bonchev–Trinajstić information content (AvgIpc) is 3.20. The zero-order valence-corrected chi connectivity index (χ0v) is 12.7. The van der Waals surface area contributed by atoms with Crippen molar-refractivity contribution < 1.29 is 9.53 Å². The molecule has 2 heterocycles. The zero-order chi connectivity index (χ0) is 16.2. The van der Waals surface area contributed by atoms with Crippen LogP contribution in [-0.2, 0) is 13.1 Å². The summed E-state index contributed by atoms with van der Waals surface area (Å²) >= 11 is 0. The van der Waals surface area contributed by atoms with Crippen molar-refractivity contribution >= 4 is 5.91 Å². The Kier molecular flexibility index (Phi) is 4.09. The van der Waals surface area contributed by atoms with E-state index >= 15 is 0 Å². The van der Waals surface area contributed by atoms with Crippen LogP contribution in [0.3, 0.4) is 0 Å². The molecule has 3 rings (SSSR count). The van der Waals surface area contributed by atoms with Gasteiger partial charge >= 0.3 is 0 Å². The first-order chi connectivity index (χ1) is 11.2. The lowest BCUT2D eigenvalue weighted by Gasteiger charge is -2.11. The average molecular weight is 311 g/mol. The highest BCUT2D eigenvalue weighted by atomic mass is 16.5. The Balaban J connectivity index is 1.79. The number of rotatable bonds is 6. The molecule has 0 unspecified atom stereocenters. The molecule has 7 nitrogen and oxygen atoms in total. The number of amides is 1. The van der Waals surface area contributed by atoms with E-state index in [0.717, 1.165) is 16.9 Å². The van der Waals surface area contributed by atoms with E-state index in [4.69, 9.17) is 10.5 Å². The van der Waals surface area contributed by atoms with E-state index in [-0.39, 0.29) is 0 Å². The van der Waals surface area contributed by atoms with Crippen molar-refractivity contribution in [3.8, 4) is 5.75 Å². The summed E-state index contributed by atoms with van der Waals surface area (Å²) in [5.41, 5.74) is 7.68. The number of carbonyl (C=O) groups excluding carboxylic acids is 1.